The average Bonchev–Trinajstić information content (AvgIpc) is 3.21. The second kappa shape index (κ2) is 6.88. The van der Waals surface area contributed by atoms with Crippen LogP contribution in [0.15, 0.2) is 36.4 Å². The summed E-state index contributed by atoms with van der Waals surface area (Å²) in [5.41, 5.74) is 2.98. The second-order valence-electron chi connectivity index (χ2n) is 5.94. The molecular weight excluding hydrogens is 306 g/mol. The molecule has 1 atom stereocenters. The Hall–Kier alpha value is -2.60. The minimum absolute atomic E-state index is 0.122. The van der Waals surface area contributed by atoms with Gasteiger partial charge in [-0.3, -0.25) is 9.59 Å². The van der Waals surface area contributed by atoms with Crippen molar-refractivity contribution in [2.75, 3.05) is 17.2 Å². The zero-order chi connectivity index (χ0) is 17.1. The quantitative estimate of drug-likeness (QED) is 0.907. The molecule has 6 nitrogen and oxygen atoms in total. The van der Waals surface area contributed by atoms with Crippen molar-refractivity contribution in [3.8, 4) is 0 Å². The molecule has 2 aromatic rings. The number of hydrogen-bond donors (Lipinski definition) is 2. The van der Waals surface area contributed by atoms with E-state index in [4.69, 9.17) is 4.74 Å². The minimum Gasteiger partial charge on any atom is -0.368 e. The SMILES string of the molecule is Cc1ccc(C(=O)Nc2ccc(NC(=O)[C@H]3CCCO3)cc2)n1C. The molecular formula is C18H21N3O3. The second-order valence-corrected chi connectivity index (χ2v) is 5.94. The molecule has 1 aliphatic heterocycles. The van der Waals surface area contributed by atoms with Crippen molar-refractivity contribution in [2.45, 2.75) is 25.9 Å². The Morgan fingerprint density at radius 3 is 2.29 bits per heavy atom. The van der Waals surface area contributed by atoms with Crippen LogP contribution in [0.3, 0.4) is 0 Å². The molecule has 126 valence electrons. The lowest BCUT2D eigenvalue weighted by atomic mass is 10.2. The molecule has 1 aliphatic rings. The van der Waals surface area contributed by atoms with E-state index in [-0.39, 0.29) is 17.9 Å². The van der Waals surface area contributed by atoms with E-state index in [9.17, 15) is 9.59 Å². The van der Waals surface area contributed by atoms with E-state index >= 15 is 0 Å². The third-order valence-electron chi connectivity index (χ3n) is 4.24. The van der Waals surface area contributed by atoms with Crippen LogP contribution in [0, 0.1) is 6.92 Å². The predicted octanol–water partition coefficient (Wildman–Crippen LogP) is 2.70. The number of nitrogens with zero attached hydrogens (tertiary/aromatic N) is 1. The third kappa shape index (κ3) is 3.49. The highest BCUT2D eigenvalue weighted by molar-refractivity contribution is 6.03. The monoisotopic (exact) mass is 327 g/mol. The van der Waals surface area contributed by atoms with Crippen molar-refractivity contribution in [1.82, 2.24) is 4.57 Å². The van der Waals surface area contributed by atoms with Crippen molar-refractivity contribution in [1.29, 1.82) is 0 Å². The Kier molecular flexibility index (Phi) is 4.66. The molecule has 6 heteroatoms. The first-order valence-electron chi connectivity index (χ1n) is 8.01. The number of amides is 2. The number of aryl methyl sites for hydroxylation is 1. The molecule has 0 aliphatic carbocycles. The lowest BCUT2D eigenvalue weighted by Gasteiger charge is -2.11. The molecule has 2 amide bonds. The van der Waals surface area contributed by atoms with E-state index in [1.165, 1.54) is 0 Å². The van der Waals surface area contributed by atoms with Crippen LogP contribution in [0.2, 0.25) is 0 Å². The van der Waals surface area contributed by atoms with Crippen LogP contribution in [-0.2, 0) is 16.6 Å². The zero-order valence-electron chi connectivity index (χ0n) is 13.8. The number of benzene rings is 1. The van der Waals surface area contributed by atoms with Gasteiger partial charge in [0, 0.05) is 30.7 Å². The van der Waals surface area contributed by atoms with Crippen LogP contribution in [0.5, 0.6) is 0 Å². The molecule has 3 rings (SSSR count). The normalized spacial score (nSPS) is 16.8. The van der Waals surface area contributed by atoms with Crippen molar-refractivity contribution >= 4 is 23.2 Å². The van der Waals surface area contributed by atoms with Gasteiger partial charge in [-0.15, -0.1) is 0 Å². The summed E-state index contributed by atoms with van der Waals surface area (Å²) >= 11 is 0. The number of hydrogen-bond acceptors (Lipinski definition) is 3. The largest absolute Gasteiger partial charge is 0.368 e. The van der Waals surface area contributed by atoms with Crippen molar-refractivity contribution < 1.29 is 14.3 Å². The van der Waals surface area contributed by atoms with Gasteiger partial charge in [0.2, 0.25) is 0 Å². The van der Waals surface area contributed by atoms with Crippen LogP contribution in [-0.4, -0.2) is 29.1 Å². The molecule has 1 aromatic carbocycles. The summed E-state index contributed by atoms with van der Waals surface area (Å²) < 4.78 is 7.19. The third-order valence-corrected chi connectivity index (χ3v) is 4.24. The van der Waals surface area contributed by atoms with Crippen LogP contribution >= 0.6 is 0 Å². The highest BCUT2D eigenvalue weighted by atomic mass is 16.5. The van der Waals surface area contributed by atoms with Crippen LogP contribution in [0.1, 0.15) is 29.0 Å². The molecule has 1 aromatic heterocycles. The fraction of sp³-hybridized carbons (Fsp3) is 0.333. The van der Waals surface area contributed by atoms with E-state index in [2.05, 4.69) is 10.6 Å². The van der Waals surface area contributed by atoms with E-state index in [0.29, 0.717) is 23.7 Å². The molecule has 0 saturated carbocycles. The molecule has 1 saturated heterocycles. The van der Waals surface area contributed by atoms with Crippen LogP contribution in [0.25, 0.3) is 0 Å². The lowest BCUT2D eigenvalue weighted by Crippen LogP contribution is -2.26. The number of aromatic nitrogens is 1. The van der Waals surface area contributed by atoms with Crippen LogP contribution in [0.4, 0.5) is 11.4 Å². The highest BCUT2D eigenvalue weighted by Gasteiger charge is 2.23. The van der Waals surface area contributed by atoms with E-state index in [0.717, 1.165) is 18.5 Å². The van der Waals surface area contributed by atoms with Gasteiger partial charge in [-0.05, 0) is 56.2 Å². The first kappa shape index (κ1) is 16.3. The van der Waals surface area contributed by atoms with E-state index < -0.39 is 0 Å². The number of ether oxygens (including phenoxy) is 1. The summed E-state index contributed by atoms with van der Waals surface area (Å²) in [6, 6.07) is 10.7. The van der Waals surface area contributed by atoms with Gasteiger partial charge in [0.1, 0.15) is 11.8 Å². The number of rotatable bonds is 4. The molecule has 0 spiro atoms. The highest BCUT2D eigenvalue weighted by Crippen LogP contribution is 2.18. The van der Waals surface area contributed by atoms with E-state index in [1.807, 2.05) is 24.6 Å². The average molecular weight is 327 g/mol. The fourth-order valence-electron chi connectivity index (χ4n) is 2.68. The summed E-state index contributed by atoms with van der Waals surface area (Å²) in [5, 5.41) is 5.68. The maximum absolute atomic E-state index is 12.3. The van der Waals surface area contributed by atoms with Crippen molar-refractivity contribution in [3.05, 3.63) is 47.8 Å². The smallest absolute Gasteiger partial charge is 0.272 e. The molecule has 0 bridgehead atoms. The lowest BCUT2D eigenvalue weighted by molar-refractivity contribution is -0.124. The topological polar surface area (TPSA) is 72.4 Å². The van der Waals surface area contributed by atoms with Gasteiger partial charge in [-0.2, -0.15) is 0 Å². The summed E-state index contributed by atoms with van der Waals surface area (Å²) in [6.45, 7) is 2.59. The van der Waals surface area contributed by atoms with E-state index in [1.54, 1.807) is 30.3 Å². The number of nitrogens with one attached hydrogen (secondary N) is 2. The van der Waals surface area contributed by atoms with Gasteiger partial charge in [-0.1, -0.05) is 0 Å². The summed E-state index contributed by atoms with van der Waals surface area (Å²) in [5.74, 6) is -0.287. The van der Waals surface area contributed by atoms with Gasteiger partial charge in [0.05, 0.1) is 0 Å². The summed E-state index contributed by atoms with van der Waals surface area (Å²) in [7, 11) is 1.86. The Morgan fingerprint density at radius 1 is 1.08 bits per heavy atom. The molecule has 0 unspecified atom stereocenters. The fourth-order valence-corrected chi connectivity index (χ4v) is 2.68. The Balaban J connectivity index is 1.61. The first-order chi connectivity index (χ1) is 11.5. The van der Waals surface area contributed by atoms with Gasteiger partial charge in [-0.25, -0.2) is 0 Å². The van der Waals surface area contributed by atoms with Crippen molar-refractivity contribution in [3.63, 3.8) is 0 Å². The maximum atomic E-state index is 12.3. The van der Waals surface area contributed by atoms with Gasteiger partial charge < -0.3 is 19.9 Å². The minimum atomic E-state index is -0.357. The van der Waals surface area contributed by atoms with Gasteiger partial charge >= 0.3 is 0 Å². The maximum Gasteiger partial charge on any atom is 0.272 e. The first-order valence-corrected chi connectivity index (χ1v) is 8.01. The van der Waals surface area contributed by atoms with Gasteiger partial charge in [0.25, 0.3) is 11.8 Å². The molecule has 1 fully saturated rings. The summed E-state index contributed by atoms with van der Waals surface area (Å²) in [4.78, 5) is 24.3. The molecule has 2 heterocycles. The zero-order valence-corrected chi connectivity index (χ0v) is 13.8. The standard InChI is InChI=1S/C18H21N3O3/c1-12-5-10-15(21(12)2)17(22)19-13-6-8-14(9-7-13)20-18(23)16-4-3-11-24-16/h5-10,16H,3-4,11H2,1-2H3,(H,19,22)(H,20,23)/t16-/m1/s1. The van der Waals surface area contributed by atoms with Crippen molar-refractivity contribution in [2.24, 2.45) is 7.05 Å². The Bertz CT molecular complexity index is 743. The molecule has 2 N–H and O–H groups in total. The van der Waals surface area contributed by atoms with Crippen LogP contribution < -0.4 is 10.6 Å². The summed E-state index contributed by atoms with van der Waals surface area (Å²) in [6.07, 6.45) is 1.32. The number of carbonyl (C=O) groups is 2. The number of carbonyl (C=O) groups excluding carboxylic acids is 2. The molecule has 24 heavy (non-hydrogen) atoms. The van der Waals surface area contributed by atoms with Gasteiger partial charge in [0.15, 0.2) is 0 Å². The Morgan fingerprint density at radius 2 is 1.75 bits per heavy atom. The predicted molar refractivity (Wildman–Crippen MR) is 92.1 cm³/mol. The molecule has 0 radical (unpaired) electrons. The Labute approximate surface area is 140 Å². The number of anilines is 2.